The van der Waals surface area contributed by atoms with E-state index in [1.54, 1.807) is 0 Å². The maximum absolute atomic E-state index is 13.2. The number of carbonyl (C=O) groups is 2. The van der Waals surface area contributed by atoms with E-state index in [1.165, 1.54) is 18.2 Å². The first-order chi connectivity index (χ1) is 12.6. The Morgan fingerprint density at radius 1 is 1.00 bits per heavy atom. The number of nitrogens with two attached hydrogens (primary N) is 1. The highest BCUT2D eigenvalue weighted by molar-refractivity contribution is 5.87. The summed E-state index contributed by atoms with van der Waals surface area (Å²) in [7, 11) is 0. The molecular formula is C18H15F5N2O2. The summed E-state index contributed by atoms with van der Waals surface area (Å²) in [5.74, 6) is -3.85. The molecule has 0 unspecified atom stereocenters. The van der Waals surface area contributed by atoms with Crippen molar-refractivity contribution in [1.29, 1.82) is 0 Å². The van der Waals surface area contributed by atoms with Gasteiger partial charge in [0.25, 0.3) is 0 Å². The molecule has 0 saturated heterocycles. The van der Waals surface area contributed by atoms with Crippen molar-refractivity contribution in [3.05, 3.63) is 70.8 Å². The van der Waals surface area contributed by atoms with Crippen molar-refractivity contribution in [1.82, 2.24) is 5.32 Å². The molecule has 0 radical (unpaired) electrons. The lowest BCUT2D eigenvalue weighted by Gasteiger charge is -2.16. The van der Waals surface area contributed by atoms with Crippen LogP contribution in [0.1, 0.15) is 16.7 Å². The van der Waals surface area contributed by atoms with Crippen LogP contribution >= 0.6 is 0 Å². The van der Waals surface area contributed by atoms with Gasteiger partial charge in [-0.1, -0.05) is 24.3 Å². The first-order valence-corrected chi connectivity index (χ1v) is 7.75. The third-order valence-electron chi connectivity index (χ3n) is 3.72. The largest absolute Gasteiger partial charge is 0.416 e. The average molecular weight is 386 g/mol. The molecule has 4 nitrogen and oxygen atoms in total. The Balaban J connectivity index is 2.08. The minimum atomic E-state index is -4.55. The van der Waals surface area contributed by atoms with Crippen molar-refractivity contribution in [3.63, 3.8) is 0 Å². The second-order valence-corrected chi connectivity index (χ2v) is 5.85. The fourth-order valence-corrected chi connectivity index (χ4v) is 2.41. The molecule has 2 aromatic carbocycles. The van der Waals surface area contributed by atoms with Crippen molar-refractivity contribution in [3.8, 4) is 0 Å². The minimum Gasteiger partial charge on any atom is -0.368 e. The van der Waals surface area contributed by atoms with E-state index in [1.807, 2.05) is 0 Å². The number of amides is 2. The monoisotopic (exact) mass is 386 g/mol. The van der Waals surface area contributed by atoms with Crippen LogP contribution in [0.15, 0.2) is 42.5 Å². The summed E-state index contributed by atoms with van der Waals surface area (Å²) in [5.41, 5.74) is 4.63. The molecule has 2 aromatic rings. The molecular weight excluding hydrogens is 371 g/mol. The van der Waals surface area contributed by atoms with E-state index >= 15 is 0 Å². The Kier molecular flexibility index (Phi) is 6.14. The lowest BCUT2D eigenvalue weighted by atomic mass is 10.0. The van der Waals surface area contributed by atoms with Gasteiger partial charge in [0.15, 0.2) is 11.6 Å². The molecule has 0 aliphatic rings. The number of halogens is 5. The van der Waals surface area contributed by atoms with Crippen LogP contribution in [0, 0.1) is 11.6 Å². The van der Waals surface area contributed by atoms with Gasteiger partial charge < -0.3 is 11.1 Å². The Morgan fingerprint density at radius 2 is 1.70 bits per heavy atom. The fourth-order valence-electron chi connectivity index (χ4n) is 2.41. The number of primary amides is 1. The maximum Gasteiger partial charge on any atom is 0.416 e. The fraction of sp³-hybridized carbons (Fsp3) is 0.222. The Bertz CT molecular complexity index is 852. The highest BCUT2D eigenvalue weighted by atomic mass is 19.4. The molecule has 0 aromatic heterocycles. The van der Waals surface area contributed by atoms with Crippen LogP contribution in [0.2, 0.25) is 0 Å². The Hall–Kier alpha value is -2.97. The second kappa shape index (κ2) is 8.15. The van der Waals surface area contributed by atoms with Gasteiger partial charge in [0.2, 0.25) is 11.8 Å². The van der Waals surface area contributed by atoms with E-state index in [2.05, 4.69) is 5.32 Å². The number of carbonyl (C=O) groups excluding carboxylic acids is 2. The summed E-state index contributed by atoms with van der Waals surface area (Å²) in [6.45, 7) is 0. The lowest BCUT2D eigenvalue weighted by molar-refractivity contribution is -0.137. The molecule has 0 fully saturated rings. The molecule has 2 amide bonds. The van der Waals surface area contributed by atoms with Crippen molar-refractivity contribution in [2.45, 2.75) is 25.1 Å². The zero-order chi connectivity index (χ0) is 20.2. The SMILES string of the molecule is NC(=O)[C@H](Cc1cccc(C(F)(F)F)c1)NC(=O)Cc1ccc(F)c(F)c1. The summed E-state index contributed by atoms with van der Waals surface area (Å²) in [5, 5.41) is 2.29. The van der Waals surface area contributed by atoms with Crippen LogP contribution in [0.4, 0.5) is 22.0 Å². The van der Waals surface area contributed by atoms with Crippen LogP contribution in [-0.4, -0.2) is 17.9 Å². The molecule has 0 aliphatic heterocycles. The van der Waals surface area contributed by atoms with Crippen LogP contribution in [0.3, 0.4) is 0 Å². The van der Waals surface area contributed by atoms with Crippen LogP contribution < -0.4 is 11.1 Å². The van der Waals surface area contributed by atoms with Crippen molar-refractivity contribution >= 4 is 11.8 Å². The van der Waals surface area contributed by atoms with Gasteiger partial charge in [-0.2, -0.15) is 13.2 Å². The molecule has 144 valence electrons. The summed E-state index contributed by atoms with van der Waals surface area (Å²) in [4.78, 5) is 23.6. The molecule has 1 atom stereocenters. The number of hydrogen-bond acceptors (Lipinski definition) is 2. The molecule has 0 spiro atoms. The molecule has 0 saturated carbocycles. The number of nitrogens with one attached hydrogen (secondary N) is 1. The third-order valence-corrected chi connectivity index (χ3v) is 3.72. The van der Waals surface area contributed by atoms with Crippen molar-refractivity contribution < 1.29 is 31.5 Å². The van der Waals surface area contributed by atoms with E-state index in [4.69, 9.17) is 5.73 Å². The molecule has 0 bridgehead atoms. The zero-order valence-corrected chi connectivity index (χ0v) is 13.8. The average Bonchev–Trinajstić information content (AvgIpc) is 2.57. The predicted octanol–water partition coefficient (Wildman–Crippen LogP) is 2.74. The quantitative estimate of drug-likeness (QED) is 0.750. The second-order valence-electron chi connectivity index (χ2n) is 5.85. The summed E-state index contributed by atoms with van der Waals surface area (Å²) < 4.78 is 64.3. The highest BCUT2D eigenvalue weighted by Gasteiger charge is 2.30. The Labute approximate surface area is 151 Å². The van der Waals surface area contributed by atoms with Gasteiger partial charge in [0.1, 0.15) is 6.04 Å². The van der Waals surface area contributed by atoms with E-state index in [9.17, 15) is 31.5 Å². The smallest absolute Gasteiger partial charge is 0.368 e. The molecule has 3 N–H and O–H groups in total. The molecule has 0 heterocycles. The number of rotatable bonds is 6. The van der Waals surface area contributed by atoms with E-state index < -0.39 is 41.2 Å². The standard InChI is InChI=1S/C18H15F5N2O2/c19-13-5-4-11(7-14(13)20)9-16(26)25-15(17(24)27)8-10-2-1-3-12(6-10)18(21,22)23/h1-7,15H,8-9H2,(H2,24,27)(H,25,26)/t15-/m0/s1. The predicted molar refractivity (Wildman–Crippen MR) is 86.3 cm³/mol. The van der Waals surface area contributed by atoms with Gasteiger partial charge in [0, 0.05) is 6.42 Å². The van der Waals surface area contributed by atoms with Crippen molar-refractivity contribution in [2.24, 2.45) is 5.73 Å². The first kappa shape index (κ1) is 20.3. The third kappa shape index (κ3) is 5.77. The van der Waals surface area contributed by atoms with Gasteiger partial charge in [-0.25, -0.2) is 8.78 Å². The van der Waals surface area contributed by atoms with Crippen molar-refractivity contribution in [2.75, 3.05) is 0 Å². The number of hydrogen-bond donors (Lipinski definition) is 2. The van der Waals surface area contributed by atoms with Gasteiger partial charge in [0.05, 0.1) is 12.0 Å². The summed E-state index contributed by atoms with van der Waals surface area (Å²) >= 11 is 0. The summed E-state index contributed by atoms with van der Waals surface area (Å²) in [6, 6.07) is 5.91. The first-order valence-electron chi connectivity index (χ1n) is 7.75. The number of alkyl halides is 3. The minimum absolute atomic E-state index is 0.154. The number of benzene rings is 2. The topological polar surface area (TPSA) is 72.2 Å². The van der Waals surface area contributed by atoms with Crippen LogP contribution in [0.25, 0.3) is 0 Å². The van der Waals surface area contributed by atoms with E-state index in [-0.39, 0.29) is 24.0 Å². The summed E-state index contributed by atoms with van der Waals surface area (Å²) in [6.07, 6.45) is -5.15. The maximum atomic E-state index is 13.2. The van der Waals surface area contributed by atoms with Gasteiger partial charge >= 0.3 is 6.18 Å². The molecule has 9 heteroatoms. The normalized spacial score (nSPS) is 12.5. The molecule has 2 rings (SSSR count). The Morgan fingerprint density at radius 3 is 2.30 bits per heavy atom. The van der Waals surface area contributed by atoms with Gasteiger partial charge in [-0.15, -0.1) is 0 Å². The van der Waals surface area contributed by atoms with Gasteiger partial charge in [-0.3, -0.25) is 9.59 Å². The molecule has 0 aliphatic carbocycles. The highest BCUT2D eigenvalue weighted by Crippen LogP contribution is 2.29. The van der Waals surface area contributed by atoms with E-state index in [0.29, 0.717) is 0 Å². The van der Waals surface area contributed by atoms with Gasteiger partial charge in [-0.05, 0) is 29.3 Å². The molecule has 27 heavy (non-hydrogen) atoms. The van der Waals surface area contributed by atoms with E-state index in [0.717, 1.165) is 24.3 Å². The zero-order valence-electron chi connectivity index (χ0n) is 13.8. The lowest BCUT2D eigenvalue weighted by Crippen LogP contribution is -2.46. The van der Waals surface area contributed by atoms with Crippen LogP contribution in [0.5, 0.6) is 0 Å². The van der Waals surface area contributed by atoms with Crippen LogP contribution in [-0.2, 0) is 28.6 Å².